The van der Waals surface area contributed by atoms with Gasteiger partial charge in [0.1, 0.15) is 49.4 Å². The van der Waals surface area contributed by atoms with Gasteiger partial charge in [-0.3, -0.25) is 4.98 Å². The maximum atomic E-state index is 6.56. The predicted molar refractivity (Wildman–Crippen MR) is 364 cm³/mol. The Hall–Kier alpha value is -8.50. The van der Waals surface area contributed by atoms with E-state index in [-0.39, 0.29) is 0 Å². The predicted octanol–water partition coefficient (Wildman–Crippen LogP) is 12.7. The van der Waals surface area contributed by atoms with E-state index in [9.17, 15) is 0 Å². The van der Waals surface area contributed by atoms with Crippen molar-refractivity contribution in [2.24, 2.45) is 0 Å². The molecule has 13 rings (SSSR count). The highest BCUT2D eigenvalue weighted by atomic mass is 16.6. The topological polar surface area (TPSA) is 181 Å². The van der Waals surface area contributed by atoms with E-state index in [0.29, 0.717) is 171 Å². The van der Waals surface area contributed by atoms with Crippen molar-refractivity contribution in [2.75, 3.05) is 159 Å². The van der Waals surface area contributed by atoms with E-state index < -0.39 is 0 Å². The van der Waals surface area contributed by atoms with Crippen molar-refractivity contribution in [1.29, 1.82) is 0 Å². The van der Waals surface area contributed by atoms with Crippen LogP contribution >= 0.6 is 0 Å². The fourth-order valence-electron chi connectivity index (χ4n) is 10.4. The number of ether oxygens (including phenoxy) is 14. The first kappa shape index (κ1) is 66.9. The molecule has 10 aromatic rings. The molecule has 3 aliphatic rings. The Morgan fingerprint density at radius 3 is 1.28 bits per heavy atom. The number of pyridine rings is 4. The SMILES string of the molecule is Cc1ccc(OCCOCCOCCOCCOCCOc2ccc(-c3ccc4ccc5ccc(-c6cc7ccc6OCCOCCOCCOCC=CCOCCOCCOCCOc6ccc(cc6)Cc6ccc8ccc9ccc-7nc9c8n6)nc5c4n3)cc2)cc1. The molecule has 0 aliphatic carbocycles. The maximum Gasteiger partial charge on any atom is 0.128 e. The van der Waals surface area contributed by atoms with Crippen LogP contribution in [0.15, 0.2) is 176 Å². The molecule has 0 saturated heterocycles. The number of aromatic nitrogens is 4. The Morgan fingerprint density at radius 1 is 0.340 bits per heavy atom. The van der Waals surface area contributed by atoms with Crippen molar-refractivity contribution < 1.29 is 66.3 Å². The van der Waals surface area contributed by atoms with E-state index in [1.807, 2.05) is 97.1 Å². The zero-order valence-corrected chi connectivity index (χ0v) is 53.4. The van der Waals surface area contributed by atoms with Gasteiger partial charge in [0.15, 0.2) is 0 Å². The lowest BCUT2D eigenvalue weighted by molar-refractivity contribution is -0.00698. The highest BCUT2D eigenvalue weighted by Crippen LogP contribution is 2.37. The second kappa shape index (κ2) is 36.8. The third-order valence-electron chi connectivity index (χ3n) is 15.3. The summed E-state index contributed by atoms with van der Waals surface area (Å²) < 4.78 is 81.3. The lowest BCUT2D eigenvalue weighted by Crippen LogP contribution is -2.14. The molecule has 0 amide bonds. The summed E-state index contributed by atoms with van der Waals surface area (Å²) in [5.41, 5.74) is 11.4. The monoisotopic (exact) mass is 1270 g/mol. The Labute approximate surface area is 548 Å². The van der Waals surface area contributed by atoms with E-state index in [2.05, 4.69) is 85.8 Å². The molecule has 0 radical (unpaired) electrons. The van der Waals surface area contributed by atoms with Gasteiger partial charge in [-0.15, -0.1) is 0 Å². The Morgan fingerprint density at radius 2 is 0.745 bits per heavy atom. The second-order valence-corrected chi connectivity index (χ2v) is 22.1. The van der Waals surface area contributed by atoms with Gasteiger partial charge >= 0.3 is 0 Å². The smallest absolute Gasteiger partial charge is 0.128 e. The van der Waals surface area contributed by atoms with Crippen LogP contribution in [0.25, 0.3) is 77.4 Å². The van der Waals surface area contributed by atoms with Crippen LogP contribution in [0.5, 0.6) is 23.0 Å². The molecule has 0 spiro atoms. The zero-order chi connectivity index (χ0) is 64.0. The van der Waals surface area contributed by atoms with Gasteiger partial charge in [-0.2, -0.15) is 0 Å². The van der Waals surface area contributed by atoms with E-state index in [1.54, 1.807) is 0 Å². The number of aryl methyl sites for hydroxylation is 1. The molecular weight excluding hydrogens is 1190 g/mol. The van der Waals surface area contributed by atoms with Crippen molar-refractivity contribution in [1.82, 2.24) is 19.9 Å². The molecular formula is C76H82N4O14. The van der Waals surface area contributed by atoms with E-state index >= 15 is 0 Å². The Kier molecular flexibility index (Phi) is 26.2. The lowest BCUT2D eigenvalue weighted by Gasteiger charge is -2.15. The fraction of sp³-hybridized carbons (Fsp3) is 0.342. The largest absolute Gasteiger partial charge is 0.491 e. The highest BCUT2D eigenvalue weighted by molar-refractivity contribution is 6.05. The third-order valence-corrected chi connectivity index (χ3v) is 15.3. The van der Waals surface area contributed by atoms with Gasteiger partial charge in [0.2, 0.25) is 0 Å². The van der Waals surface area contributed by atoms with Crippen LogP contribution in [-0.4, -0.2) is 179 Å². The first-order valence-corrected chi connectivity index (χ1v) is 32.3. The number of hydrogen-bond acceptors (Lipinski definition) is 18. The van der Waals surface area contributed by atoms with Crippen molar-refractivity contribution in [3.63, 3.8) is 0 Å². The average molecular weight is 1280 g/mol. The van der Waals surface area contributed by atoms with E-state index in [4.69, 9.17) is 86.3 Å². The molecule has 8 bridgehead atoms. The normalized spacial score (nSPS) is 14.7. The fourth-order valence-corrected chi connectivity index (χ4v) is 10.4. The maximum absolute atomic E-state index is 6.56. The second-order valence-electron chi connectivity index (χ2n) is 22.1. The summed E-state index contributed by atoms with van der Waals surface area (Å²) in [5.74, 6) is 3.01. The quantitative estimate of drug-likeness (QED) is 0.0423. The van der Waals surface area contributed by atoms with Gasteiger partial charge in [-0.05, 0) is 103 Å². The first-order valence-electron chi connectivity index (χ1n) is 32.3. The minimum absolute atomic E-state index is 0.303. The number of nitrogens with zero attached hydrogens (tertiary/aromatic N) is 4. The van der Waals surface area contributed by atoms with Gasteiger partial charge in [0.05, 0.1) is 171 Å². The van der Waals surface area contributed by atoms with Crippen LogP contribution in [0.2, 0.25) is 0 Å². The molecule has 0 saturated carbocycles. The average Bonchev–Trinajstić information content (AvgIpc) is 0.780. The summed E-state index contributed by atoms with van der Waals surface area (Å²) in [7, 11) is 0. The van der Waals surface area contributed by atoms with Crippen molar-refractivity contribution in [3.8, 4) is 56.8 Å². The molecule has 6 aromatic carbocycles. The van der Waals surface area contributed by atoms with Gasteiger partial charge in [0.25, 0.3) is 0 Å². The van der Waals surface area contributed by atoms with Crippen LogP contribution in [0.1, 0.15) is 16.8 Å². The van der Waals surface area contributed by atoms with Crippen LogP contribution in [-0.2, 0) is 53.8 Å². The highest BCUT2D eigenvalue weighted by Gasteiger charge is 2.17. The summed E-state index contributed by atoms with van der Waals surface area (Å²) in [4.78, 5) is 21.2. The van der Waals surface area contributed by atoms with Crippen LogP contribution in [0.4, 0.5) is 0 Å². The summed E-state index contributed by atoms with van der Waals surface area (Å²) in [6.07, 6.45) is 4.51. The molecule has 0 atom stereocenters. The van der Waals surface area contributed by atoms with Crippen molar-refractivity contribution in [3.05, 3.63) is 193 Å². The molecule has 0 unspecified atom stereocenters. The minimum Gasteiger partial charge on any atom is -0.491 e. The van der Waals surface area contributed by atoms with Crippen LogP contribution < -0.4 is 18.9 Å². The van der Waals surface area contributed by atoms with E-state index in [0.717, 1.165) is 106 Å². The summed E-state index contributed by atoms with van der Waals surface area (Å²) in [6.45, 7) is 12.9. The molecule has 3 aliphatic heterocycles. The van der Waals surface area contributed by atoms with Crippen molar-refractivity contribution in [2.45, 2.75) is 13.3 Å². The molecule has 18 nitrogen and oxygen atoms in total. The summed E-state index contributed by atoms with van der Waals surface area (Å²) in [5, 5.41) is 3.93. The number of rotatable bonds is 19. The van der Waals surface area contributed by atoms with Crippen molar-refractivity contribution >= 4 is 43.6 Å². The zero-order valence-electron chi connectivity index (χ0n) is 53.4. The molecule has 0 fully saturated rings. The molecule has 18 heteroatoms. The number of hydrogen-bond donors (Lipinski definition) is 0. The molecule has 4 aromatic heterocycles. The van der Waals surface area contributed by atoms with E-state index in [1.165, 1.54) is 5.56 Å². The Bertz CT molecular complexity index is 3970. The first-order chi connectivity index (χ1) is 46.6. The third kappa shape index (κ3) is 20.5. The van der Waals surface area contributed by atoms with Crippen LogP contribution in [0, 0.1) is 6.92 Å². The Balaban J connectivity index is 0.735. The summed E-state index contributed by atoms with van der Waals surface area (Å²) in [6, 6.07) is 55.2. The van der Waals surface area contributed by atoms with Crippen LogP contribution in [0.3, 0.4) is 0 Å². The molecule has 490 valence electrons. The van der Waals surface area contributed by atoms with Gasteiger partial charge < -0.3 is 66.3 Å². The molecule has 7 heterocycles. The standard InChI is InChI=1S/C76H82N4O14/c1-56-4-20-65(21-5-56)91-50-46-87-43-39-85-36-37-86-40-44-89-48-52-93-67-24-13-58(14-25-67)69-26-15-61-10-11-62-17-28-71(80-76(62)75(61)78-69)68-55-63-18-29-72(68)94-53-49-90-45-41-84-35-33-82-31-3-2-30-81-32-34-83-38-42-88-47-51-92-66-22-6-57(7-23-66)54-64-19-12-59-8-9-60-16-27-70(63)79-74(60)73(59)77-64/h2-29,55H,30-54H2,1H3. The lowest BCUT2D eigenvalue weighted by atomic mass is 10.0. The number of fused-ring (bicyclic) bond motifs is 5. The molecule has 94 heavy (non-hydrogen) atoms. The summed E-state index contributed by atoms with van der Waals surface area (Å²) >= 11 is 0. The minimum atomic E-state index is 0.303. The molecule has 0 N–H and O–H groups in total. The van der Waals surface area contributed by atoms with Gasteiger partial charge in [-0.25, -0.2) is 15.0 Å². The number of benzene rings is 6. The van der Waals surface area contributed by atoms with Gasteiger partial charge in [-0.1, -0.05) is 90.5 Å². The van der Waals surface area contributed by atoms with Gasteiger partial charge in [0, 0.05) is 50.4 Å².